The molecule has 1 atom stereocenters. The van der Waals surface area contributed by atoms with Crippen molar-refractivity contribution < 1.29 is 4.74 Å². The maximum Gasteiger partial charge on any atom is 0.125 e. The molecule has 4 rings (SSSR count). The lowest BCUT2D eigenvalue weighted by molar-refractivity contribution is 0.156. The van der Waals surface area contributed by atoms with E-state index in [1.54, 1.807) is 0 Å². The average Bonchev–Trinajstić information content (AvgIpc) is 3.48. The molecule has 0 bridgehead atoms. The molecule has 3 nitrogen and oxygen atoms in total. The number of rotatable bonds is 6. The lowest BCUT2D eigenvalue weighted by Gasteiger charge is -2.36. The van der Waals surface area contributed by atoms with E-state index in [4.69, 9.17) is 4.74 Å². The third-order valence-corrected chi connectivity index (χ3v) is 5.66. The number of hydrogen-bond donors (Lipinski definition) is 1. The highest BCUT2D eigenvalue weighted by molar-refractivity contribution is 5.85. The normalized spacial score (nSPS) is 17.9. The zero-order valence-corrected chi connectivity index (χ0v) is 18.5. The summed E-state index contributed by atoms with van der Waals surface area (Å²) in [7, 11) is 0. The third-order valence-electron chi connectivity index (χ3n) is 5.66. The van der Waals surface area contributed by atoms with Gasteiger partial charge in [-0.1, -0.05) is 42.5 Å². The van der Waals surface area contributed by atoms with Gasteiger partial charge in [0, 0.05) is 32.2 Å². The fourth-order valence-corrected chi connectivity index (χ4v) is 4.27. The van der Waals surface area contributed by atoms with E-state index in [0.29, 0.717) is 12.6 Å². The smallest absolute Gasteiger partial charge is 0.125 e. The lowest BCUT2D eigenvalue weighted by Crippen LogP contribution is -2.45. The predicted octanol–water partition coefficient (Wildman–Crippen LogP) is 5.08. The second-order valence-corrected chi connectivity index (χ2v) is 7.83. The molecule has 2 fully saturated rings. The summed E-state index contributed by atoms with van der Waals surface area (Å²) < 4.78 is 6.19. The first-order valence-corrected chi connectivity index (χ1v) is 9.95. The van der Waals surface area contributed by atoms with Crippen LogP contribution in [0.15, 0.2) is 42.5 Å². The van der Waals surface area contributed by atoms with Crippen LogP contribution in [-0.4, -0.2) is 31.1 Å². The van der Waals surface area contributed by atoms with E-state index < -0.39 is 0 Å². The Morgan fingerprint density at radius 3 is 2.18 bits per heavy atom. The summed E-state index contributed by atoms with van der Waals surface area (Å²) >= 11 is 0. The van der Waals surface area contributed by atoms with Gasteiger partial charge in [-0.15, -0.1) is 24.8 Å². The molecule has 28 heavy (non-hydrogen) atoms. The monoisotopic (exact) mass is 422 g/mol. The summed E-state index contributed by atoms with van der Waals surface area (Å²) in [6.45, 7) is 9.55. The van der Waals surface area contributed by atoms with Gasteiger partial charge in [0.1, 0.15) is 12.4 Å². The standard InChI is InChI=1S/C23H30N2O.2ClH/c1-17-14-21(22(20-8-9-20)25-12-10-24-11-13-25)15-18(2)23(17)26-16-19-6-4-3-5-7-19;;/h3-7,14-15,20,22,24H,8-13,16H2,1-2H3;2*1H/t22-;;/m1../s1. The molecule has 0 aromatic heterocycles. The topological polar surface area (TPSA) is 24.5 Å². The van der Waals surface area contributed by atoms with E-state index in [2.05, 4.69) is 60.5 Å². The number of nitrogens with one attached hydrogen (secondary N) is 1. The average molecular weight is 423 g/mol. The Bertz CT molecular complexity index is 721. The van der Waals surface area contributed by atoms with Gasteiger partial charge in [-0.05, 0) is 54.9 Å². The Hall–Kier alpha value is -1.26. The van der Waals surface area contributed by atoms with E-state index in [9.17, 15) is 0 Å². The van der Waals surface area contributed by atoms with Crippen LogP contribution in [0.4, 0.5) is 0 Å². The van der Waals surface area contributed by atoms with Crippen molar-refractivity contribution in [2.45, 2.75) is 39.3 Å². The van der Waals surface area contributed by atoms with Gasteiger partial charge in [-0.25, -0.2) is 0 Å². The zero-order chi connectivity index (χ0) is 17.9. The third kappa shape index (κ3) is 5.42. The van der Waals surface area contributed by atoms with E-state index in [-0.39, 0.29) is 24.8 Å². The van der Waals surface area contributed by atoms with Crippen LogP contribution in [0.1, 0.15) is 41.1 Å². The quantitative estimate of drug-likeness (QED) is 0.701. The van der Waals surface area contributed by atoms with Gasteiger partial charge in [0.25, 0.3) is 0 Å². The van der Waals surface area contributed by atoms with Gasteiger partial charge >= 0.3 is 0 Å². The minimum Gasteiger partial charge on any atom is -0.488 e. The Balaban J connectivity index is 0.00000140. The van der Waals surface area contributed by atoms with Crippen LogP contribution >= 0.6 is 24.8 Å². The predicted molar refractivity (Wildman–Crippen MR) is 121 cm³/mol. The minimum atomic E-state index is 0. The van der Waals surface area contributed by atoms with E-state index in [0.717, 1.165) is 37.8 Å². The largest absolute Gasteiger partial charge is 0.488 e. The molecule has 0 amide bonds. The molecular formula is C23H32Cl2N2O. The summed E-state index contributed by atoms with van der Waals surface area (Å²) in [6, 6.07) is 15.7. The fraction of sp³-hybridized carbons (Fsp3) is 0.478. The first kappa shape index (κ1) is 23.0. The van der Waals surface area contributed by atoms with Crippen LogP contribution in [-0.2, 0) is 6.61 Å². The summed E-state index contributed by atoms with van der Waals surface area (Å²) in [6.07, 6.45) is 2.75. The summed E-state index contributed by atoms with van der Waals surface area (Å²) in [5.74, 6) is 1.88. The SMILES string of the molecule is Cc1cc([C@@H](C2CC2)N2CCNCC2)cc(C)c1OCc1ccccc1.Cl.Cl. The van der Waals surface area contributed by atoms with E-state index >= 15 is 0 Å². The van der Waals surface area contributed by atoms with Crippen LogP contribution in [0, 0.1) is 19.8 Å². The summed E-state index contributed by atoms with van der Waals surface area (Å²) in [5.41, 5.74) is 5.22. The summed E-state index contributed by atoms with van der Waals surface area (Å²) in [4.78, 5) is 2.69. The van der Waals surface area contributed by atoms with Crippen LogP contribution in [0.2, 0.25) is 0 Å². The number of hydrogen-bond acceptors (Lipinski definition) is 3. The molecule has 1 aliphatic carbocycles. The van der Waals surface area contributed by atoms with Gasteiger partial charge in [0.15, 0.2) is 0 Å². The Labute approximate surface area is 181 Å². The number of halogens is 2. The maximum absolute atomic E-state index is 6.19. The van der Waals surface area contributed by atoms with Gasteiger partial charge in [-0.2, -0.15) is 0 Å². The van der Waals surface area contributed by atoms with Crippen LogP contribution in [0.3, 0.4) is 0 Å². The molecule has 2 aliphatic rings. The highest BCUT2D eigenvalue weighted by atomic mass is 35.5. The molecule has 1 saturated heterocycles. The molecule has 2 aromatic carbocycles. The molecule has 154 valence electrons. The van der Waals surface area contributed by atoms with Crippen molar-refractivity contribution in [3.05, 3.63) is 64.7 Å². The number of nitrogens with zero attached hydrogens (tertiary/aromatic N) is 1. The number of ether oxygens (including phenoxy) is 1. The van der Waals surface area contributed by atoms with Crippen LogP contribution in [0.5, 0.6) is 5.75 Å². The minimum absolute atomic E-state index is 0. The Morgan fingerprint density at radius 1 is 1.00 bits per heavy atom. The number of aryl methyl sites for hydroxylation is 2. The molecule has 0 spiro atoms. The first-order chi connectivity index (χ1) is 12.7. The van der Waals surface area contributed by atoms with Crippen LogP contribution in [0.25, 0.3) is 0 Å². The molecule has 1 N–H and O–H groups in total. The van der Waals surface area contributed by atoms with Crippen molar-refractivity contribution >= 4 is 24.8 Å². The number of piperazine rings is 1. The Morgan fingerprint density at radius 2 is 1.61 bits per heavy atom. The van der Waals surface area contributed by atoms with E-state index in [1.165, 1.54) is 35.1 Å². The van der Waals surface area contributed by atoms with Crippen LogP contribution < -0.4 is 10.1 Å². The van der Waals surface area contributed by atoms with Crippen molar-refractivity contribution in [3.63, 3.8) is 0 Å². The molecule has 1 heterocycles. The maximum atomic E-state index is 6.19. The zero-order valence-electron chi connectivity index (χ0n) is 16.8. The second kappa shape index (κ2) is 10.5. The van der Waals surface area contributed by atoms with Gasteiger partial charge in [0.05, 0.1) is 0 Å². The van der Waals surface area contributed by atoms with Crippen molar-refractivity contribution in [3.8, 4) is 5.75 Å². The molecule has 1 saturated carbocycles. The second-order valence-electron chi connectivity index (χ2n) is 7.83. The van der Waals surface area contributed by atoms with Gasteiger partial charge < -0.3 is 10.1 Å². The van der Waals surface area contributed by atoms with Crippen molar-refractivity contribution in [1.82, 2.24) is 10.2 Å². The highest BCUT2D eigenvalue weighted by Crippen LogP contribution is 2.45. The van der Waals surface area contributed by atoms with Gasteiger partial charge in [-0.3, -0.25) is 4.90 Å². The van der Waals surface area contributed by atoms with E-state index in [1.807, 2.05) is 6.07 Å². The summed E-state index contributed by atoms with van der Waals surface area (Å²) in [5, 5.41) is 3.48. The molecule has 0 radical (unpaired) electrons. The Kier molecular flexibility index (Phi) is 8.63. The van der Waals surface area contributed by atoms with Crippen molar-refractivity contribution in [2.24, 2.45) is 5.92 Å². The molecule has 2 aromatic rings. The number of benzene rings is 2. The van der Waals surface area contributed by atoms with Crippen molar-refractivity contribution in [1.29, 1.82) is 0 Å². The van der Waals surface area contributed by atoms with Gasteiger partial charge in [0.2, 0.25) is 0 Å². The molecule has 0 unspecified atom stereocenters. The first-order valence-electron chi connectivity index (χ1n) is 9.95. The lowest BCUT2D eigenvalue weighted by atomic mass is 9.95. The fourth-order valence-electron chi connectivity index (χ4n) is 4.27. The molecule has 1 aliphatic heterocycles. The highest BCUT2D eigenvalue weighted by Gasteiger charge is 2.37. The molecular weight excluding hydrogens is 391 g/mol. The molecule has 5 heteroatoms. The van der Waals surface area contributed by atoms with Crippen molar-refractivity contribution in [2.75, 3.05) is 26.2 Å².